The van der Waals surface area contributed by atoms with E-state index in [9.17, 15) is 4.39 Å². The molecule has 0 aliphatic heterocycles. The first-order valence-electron chi connectivity index (χ1n) is 5.82. The number of benzene rings is 1. The highest BCUT2D eigenvalue weighted by atomic mass is 19.1. The minimum atomic E-state index is -0.145. The van der Waals surface area contributed by atoms with Gasteiger partial charge in [-0.05, 0) is 36.5 Å². The van der Waals surface area contributed by atoms with E-state index in [0.29, 0.717) is 12.0 Å². The smallest absolute Gasteiger partial charge is 0.123 e. The molecule has 88 valence electrons. The van der Waals surface area contributed by atoms with Gasteiger partial charge in [0.1, 0.15) is 5.82 Å². The van der Waals surface area contributed by atoms with Crippen LogP contribution in [0.2, 0.25) is 0 Å². The molecule has 3 nitrogen and oxygen atoms in total. The van der Waals surface area contributed by atoms with Crippen molar-refractivity contribution in [1.82, 2.24) is 10.2 Å². The summed E-state index contributed by atoms with van der Waals surface area (Å²) < 4.78 is 13.1. The molecule has 1 fully saturated rings. The molecule has 3 rings (SSSR count). The van der Waals surface area contributed by atoms with Gasteiger partial charge in [-0.15, -0.1) is 0 Å². The number of aromatic amines is 1. The van der Waals surface area contributed by atoms with E-state index in [1.807, 2.05) is 12.3 Å². The summed E-state index contributed by atoms with van der Waals surface area (Å²) in [5.41, 5.74) is 2.13. The Kier molecular flexibility index (Phi) is 2.55. The van der Waals surface area contributed by atoms with Gasteiger partial charge in [-0.3, -0.25) is 5.10 Å². The lowest BCUT2D eigenvalue weighted by Gasteiger charge is -2.36. The van der Waals surface area contributed by atoms with Gasteiger partial charge in [0, 0.05) is 12.2 Å². The molecule has 0 radical (unpaired) electrons. The molecule has 1 aliphatic rings. The number of H-pyrrole nitrogens is 1. The highest BCUT2D eigenvalue weighted by molar-refractivity contribution is 5.40. The Morgan fingerprint density at radius 2 is 2.24 bits per heavy atom. The summed E-state index contributed by atoms with van der Waals surface area (Å²) in [7, 11) is 0. The van der Waals surface area contributed by atoms with Crippen LogP contribution in [0.1, 0.15) is 24.3 Å². The Morgan fingerprint density at radius 1 is 1.35 bits per heavy atom. The topological polar surface area (TPSA) is 40.7 Å². The molecule has 1 aromatic heterocycles. The Labute approximate surface area is 99.1 Å². The average Bonchev–Trinajstić information content (AvgIpc) is 2.75. The minimum Gasteiger partial charge on any atom is -0.380 e. The maximum absolute atomic E-state index is 13.1. The minimum absolute atomic E-state index is 0.145. The van der Waals surface area contributed by atoms with Crippen LogP contribution in [-0.4, -0.2) is 16.2 Å². The van der Waals surface area contributed by atoms with Crippen molar-refractivity contribution in [3.05, 3.63) is 48.0 Å². The van der Waals surface area contributed by atoms with E-state index in [1.165, 1.54) is 6.07 Å². The number of anilines is 1. The third kappa shape index (κ3) is 2.16. The van der Waals surface area contributed by atoms with E-state index >= 15 is 0 Å². The maximum atomic E-state index is 13.1. The Hall–Kier alpha value is -1.84. The second-order valence-corrected chi connectivity index (χ2v) is 4.55. The first-order chi connectivity index (χ1) is 8.31. The maximum Gasteiger partial charge on any atom is 0.123 e. The molecule has 0 saturated heterocycles. The van der Waals surface area contributed by atoms with E-state index in [1.54, 1.807) is 18.3 Å². The second-order valence-electron chi connectivity index (χ2n) is 4.55. The summed E-state index contributed by atoms with van der Waals surface area (Å²) in [6.07, 6.45) is 5.72. The van der Waals surface area contributed by atoms with E-state index in [-0.39, 0.29) is 5.82 Å². The SMILES string of the molecule is Fc1cccc(C2CC(Nc3cn[nH]c3)C2)c1. The number of nitrogens with zero attached hydrogens (tertiary/aromatic N) is 1. The monoisotopic (exact) mass is 231 g/mol. The highest BCUT2D eigenvalue weighted by Gasteiger charge is 2.30. The molecule has 1 aromatic carbocycles. The van der Waals surface area contributed by atoms with Crippen molar-refractivity contribution < 1.29 is 4.39 Å². The van der Waals surface area contributed by atoms with Crippen LogP contribution in [0, 0.1) is 5.82 Å². The third-order valence-corrected chi connectivity index (χ3v) is 3.33. The van der Waals surface area contributed by atoms with Gasteiger partial charge >= 0.3 is 0 Å². The summed E-state index contributed by atoms with van der Waals surface area (Å²) in [6.45, 7) is 0. The number of rotatable bonds is 3. The van der Waals surface area contributed by atoms with Crippen molar-refractivity contribution >= 4 is 5.69 Å². The largest absolute Gasteiger partial charge is 0.380 e. The van der Waals surface area contributed by atoms with Gasteiger partial charge in [-0.1, -0.05) is 12.1 Å². The lowest BCUT2D eigenvalue weighted by Crippen LogP contribution is -2.33. The van der Waals surface area contributed by atoms with Crippen LogP contribution < -0.4 is 5.32 Å². The molecular weight excluding hydrogens is 217 g/mol. The molecule has 0 amide bonds. The number of nitrogens with one attached hydrogen (secondary N) is 2. The van der Waals surface area contributed by atoms with Crippen molar-refractivity contribution in [1.29, 1.82) is 0 Å². The van der Waals surface area contributed by atoms with Gasteiger partial charge in [-0.2, -0.15) is 5.10 Å². The van der Waals surface area contributed by atoms with Crippen LogP contribution in [0.4, 0.5) is 10.1 Å². The fraction of sp³-hybridized carbons (Fsp3) is 0.308. The van der Waals surface area contributed by atoms with Gasteiger partial charge in [0.2, 0.25) is 0 Å². The standard InChI is InChI=1S/C13H14FN3/c14-11-3-1-2-9(4-11)10-5-12(6-10)17-13-7-15-16-8-13/h1-4,7-8,10,12,17H,5-6H2,(H,15,16). The van der Waals surface area contributed by atoms with E-state index in [0.717, 1.165) is 24.1 Å². The molecule has 17 heavy (non-hydrogen) atoms. The first-order valence-corrected chi connectivity index (χ1v) is 5.82. The molecule has 0 unspecified atom stereocenters. The molecule has 0 bridgehead atoms. The number of hydrogen-bond donors (Lipinski definition) is 2. The molecule has 1 heterocycles. The molecular formula is C13H14FN3. The summed E-state index contributed by atoms with van der Waals surface area (Å²) in [4.78, 5) is 0. The fourth-order valence-corrected chi connectivity index (χ4v) is 2.33. The fourth-order valence-electron chi connectivity index (χ4n) is 2.33. The van der Waals surface area contributed by atoms with Crippen LogP contribution >= 0.6 is 0 Å². The second kappa shape index (κ2) is 4.20. The van der Waals surface area contributed by atoms with Gasteiger partial charge in [0.15, 0.2) is 0 Å². The van der Waals surface area contributed by atoms with E-state index < -0.39 is 0 Å². The van der Waals surface area contributed by atoms with E-state index in [4.69, 9.17) is 0 Å². The lowest BCUT2D eigenvalue weighted by molar-refractivity contribution is 0.373. The normalized spacial score (nSPS) is 23.1. The van der Waals surface area contributed by atoms with Crippen molar-refractivity contribution in [3.63, 3.8) is 0 Å². The summed E-state index contributed by atoms with van der Waals surface area (Å²) >= 11 is 0. The molecule has 1 saturated carbocycles. The van der Waals surface area contributed by atoms with Crippen molar-refractivity contribution in [2.45, 2.75) is 24.8 Å². The van der Waals surface area contributed by atoms with Gasteiger partial charge in [0.05, 0.1) is 11.9 Å². The van der Waals surface area contributed by atoms with Crippen LogP contribution in [-0.2, 0) is 0 Å². The highest BCUT2D eigenvalue weighted by Crippen LogP contribution is 2.38. The Balaban J connectivity index is 1.58. The quantitative estimate of drug-likeness (QED) is 0.852. The number of aromatic nitrogens is 2. The Morgan fingerprint density at radius 3 is 2.94 bits per heavy atom. The van der Waals surface area contributed by atoms with Gasteiger partial charge in [-0.25, -0.2) is 4.39 Å². The van der Waals surface area contributed by atoms with Crippen molar-refractivity contribution in [3.8, 4) is 0 Å². The lowest BCUT2D eigenvalue weighted by atomic mass is 9.76. The predicted molar refractivity (Wildman–Crippen MR) is 64.4 cm³/mol. The number of halogens is 1. The van der Waals surface area contributed by atoms with E-state index in [2.05, 4.69) is 15.5 Å². The van der Waals surface area contributed by atoms with Crippen LogP contribution in [0.25, 0.3) is 0 Å². The molecule has 2 N–H and O–H groups in total. The third-order valence-electron chi connectivity index (χ3n) is 3.33. The van der Waals surface area contributed by atoms with Crippen LogP contribution in [0.3, 0.4) is 0 Å². The van der Waals surface area contributed by atoms with Crippen LogP contribution in [0.15, 0.2) is 36.7 Å². The zero-order valence-electron chi connectivity index (χ0n) is 9.36. The summed E-state index contributed by atoms with van der Waals surface area (Å²) in [6, 6.07) is 7.38. The Bertz CT molecular complexity index is 489. The molecule has 0 spiro atoms. The zero-order valence-corrected chi connectivity index (χ0v) is 9.36. The first kappa shape index (κ1) is 10.3. The van der Waals surface area contributed by atoms with Gasteiger partial charge < -0.3 is 5.32 Å². The van der Waals surface area contributed by atoms with Gasteiger partial charge in [0.25, 0.3) is 0 Å². The average molecular weight is 231 g/mol. The summed E-state index contributed by atoms with van der Waals surface area (Å²) in [5, 5.41) is 10.0. The molecule has 2 aromatic rings. The molecule has 0 atom stereocenters. The van der Waals surface area contributed by atoms with Crippen LogP contribution in [0.5, 0.6) is 0 Å². The summed E-state index contributed by atoms with van der Waals surface area (Å²) in [5.74, 6) is 0.337. The van der Waals surface area contributed by atoms with Crippen molar-refractivity contribution in [2.75, 3.05) is 5.32 Å². The predicted octanol–water partition coefficient (Wildman–Crippen LogP) is 2.91. The molecule has 4 heteroatoms. The zero-order chi connectivity index (χ0) is 11.7. The number of hydrogen-bond acceptors (Lipinski definition) is 2. The van der Waals surface area contributed by atoms with Crippen molar-refractivity contribution in [2.24, 2.45) is 0 Å². The molecule has 1 aliphatic carbocycles.